The van der Waals surface area contributed by atoms with Crippen molar-refractivity contribution < 1.29 is 4.92 Å². The maximum absolute atomic E-state index is 10.6. The van der Waals surface area contributed by atoms with Crippen LogP contribution in [0.5, 0.6) is 0 Å². The van der Waals surface area contributed by atoms with E-state index in [1.54, 1.807) is 12.1 Å². The Balaban J connectivity index is 2.68. The number of non-ortho nitro benzene ring substituents is 1. The molecule has 0 aromatic heterocycles. The van der Waals surface area contributed by atoms with Gasteiger partial charge >= 0.3 is 0 Å². The number of halogens is 2. The molecule has 19 heavy (non-hydrogen) atoms. The Labute approximate surface area is 135 Å². The molecule has 0 N–H and O–H groups in total. The van der Waals surface area contributed by atoms with Crippen LogP contribution >= 0.6 is 38.5 Å². The van der Waals surface area contributed by atoms with E-state index >= 15 is 0 Å². The molecule has 1 aromatic carbocycles. The van der Waals surface area contributed by atoms with Crippen LogP contribution < -0.4 is 0 Å². The van der Waals surface area contributed by atoms with Crippen molar-refractivity contribution in [3.63, 3.8) is 0 Å². The first-order chi connectivity index (χ1) is 9.06. The standard InChI is InChI=1S/C14H17BrINO2/c1-2-3-4-5-6-13(16)14(15)11-7-9-12(10-8-11)17(18)19/h7-10H,2-6H2,1H3/b14-13+. The molecular weight excluding hydrogens is 421 g/mol. The molecule has 3 nitrogen and oxygen atoms in total. The molecule has 0 spiro atoms. The van der Waals surface area contributed by atoms with Crippen LogP contribution in [0.4, 0.5) is 5.69 Å². The monoisotopic (exact) mass is 437 g/mol. The summed E-state index contributed by atoms with van der Waals surface area (Å²) in [6.45, 7) is 2.20. The highest BCUT2D eigenvalue weighted by Crippen LogP contribution is 2.32. The average molecular weight is 438 g/mol. The maximum Gasteiger partial charge on any atom is 0.269 e. The second kappa shape index (κ2) is 8.68. The first-order valence-corrected chi connectivity index (χ1v) is 8.22. The SMILES string of the molecule is CCCCCC/C(I)=C(\Br)c1ccc([N+](=O)[O-])cc1. The van der Waals surface area contributed by atoms with Crippen molar-refractivity contribution in [3.05, 3.63) is 43.5 Å². The lowest BCUT2D eigenvalue weighted by atomic mass is 10.1. The fourth-order valence-corrected chi connectivity index (χ4v) is 2.86. The van der Waals surface area contributed by atoms with Gasteiger partial charge in [0.1, 0.15) is 0 Å². The quantitative estimate of drug-likeness (QED) is 0.225. The van der Waals surface area contributed by atoms with E-state index in [0.29, 0.717) is 0 Å². The normalized spacial score (nSPS) is 12.2. The molecular formula is C14H17BrINO2. The molecule has 0 aliphatic carbocycles. The zero-order chi connectivity index (χ0) is 14.3. The van der Waals surface area contributed by atoms with E-state index in [0.717, 1.165) is 16.5 Å². The highest BCUT2D eigenvalue weighted by molar-refractivity contribution is 14.1. The lowest BCUT2D eigenvalue weighted by molar-refractivity contribution is -0.384. The van der Waals surface area contributed by atoms with E-state index in [-0.39, 0.29) is 10.6 Å². The third-order valence-corrected chi connectivity index (χ3v) is 5.58. The molecule has 104 valence electrons. The van der Waals surface area contributed by atoms with Crippen LogP contribution in [0.1, 0.15) is 44.6 Å². The molecule has 0 saturated heterocycles. The Morgan fingerprint density at radius 1 is 1.26 bits per heavy atom. The Morgan fingerprint density at radius 3 is 2.42 bits per heavy atom. The van der Waals surface area contributed by atoms with Gasteiger partial charge in [0.25, 0.3) is 5.69 Å². The number of nitrogens with zero attached hydrogens (tertiary/aromatic N) is 1. The van der Waals surface area contributed by atoms with E-state index in [1.165, 1.54) is 41.4 Å². The minimum Gasteiger partial charge on any atom is -0.258 e. The number of nitro benzene ring substituents is 1. The smallest absolute Gasteiger partial charge is 0.258 e. The van der Waals surface area contributed by atoms with Gasteiger partial charge in [0.15, 0.2) is 0 Å². The third kappa shape index (κ3) is 5.60. The number of allylic oxidation sites excluding steroid dienone is 1. The second-order valence-corrected chi connectivity index (χ2v) is 6.43. The molecule has 0 radical (unpaired) electrons. The minimum atomic E-state index is -0.378. The lowest BCUT2D eigenvalue weighted by Gasteiger charge is -2.05. The molecule has 0 saturated carbocycles. The predicted octanol–water partition coefficient (Wildman–Crippen LogP) is 6.06. The Hall–Kier alpha value is -0.430. The summed E-state index contributed by atoms with van der Waals surface area (Å²) in [4.78, 5) is 10.2. The van der Waals surface area contributed by atoms with Crippen LogP contribution in [0, 0.1) is 10.1 Å². The molecule has 1 aromatic rings. The van der Waals surface area contributed by atoms with Crippen molar-refractivity contribution >= 4 is 48.7 Å². The third-order valence-electron chi connectivity index (χ3n) is 2.82. The molecule has 0 fully saturated rings. The van der Waals surface area contributed by atoms with Crippen molar-refractivity contribution in [3.8, 4) is 0 Å². The Kier molecular flexibility index (Phi) is 7.60. The number of benzene rings is 1. The van der Waals surface area contributed by atoms with Crippen molar-refractivity contribution in [2.45, 2.75) is 39.0 Å². The molecule has 0 bridgehead atoms. The molecule has 5 heteroatoms. The Morgan fingerprint density at radius 2 is 1.89 bits per heavy atom. The van der Waals surface area contributed by atoms with Gasteiger partial charge in [-0.3, -0.25) is 10.1 Å². The number of hydrogen-bond acceptors (Lipinski definition) is 2. The Bertz CT molecular complexity index is 457. The summed E-state index contributed by atoms with van der Waals surface area (Å²) in [6, 6.07) is 6.65. The number of nitro groups is 1. The highest BCUT2D eigenvalue weighted by Gasteiger charge is 2.08. The average Bonchev–Trinajstić information content (AvgIpc) is 2.42. The molecule has 0 unspecified atom stereocenters. The molecule has 1 rings (SSSR count). The summed E-state index contributed by atoms with van der Waals surface area (Å²) in [7, 11) is 0. The number of hydrogen-bond donors (Lipinski definition) is 0. The van der Waals surface area contributed by atoms with E-state index in [9.17, 15) is 10.1 Å². The largest absolute Gasteiger partial charge is 0.269 e. The van der Waals surface area contributed by atoms with Gasteiger partial charge in [-0.25, -0.2) is 0 Å². The predicted molar refractivity (Wildman–Crippen MR) is 91.7 cm³/mol. The zero-order valence-corrected chi connectivity index (χ0v) is 14.6. The van der Waals surface area contributed by atoms with Gasteiger partial charge in [0.05, 0.1) is 4.92 Å². The fourth-order valence-electron chi connectivity index (χ4n) is 1.70. The molecule has 0 atom stereocenters. The summed E-state index contributed by atoms with van der Waals surface area (Å²) >= 11 is 5.93. The van der Waals surface area contributed by atoms with Gasteiger partial charge in [-0.1, -0.05) is 26.2 Å². The lowest BCUT2D eigenvalue weighted by Crippen LogP contribution is -1.88. The first-order valence-electron chi connectivity index (χ1n) is 6.35. The van der Waals surface area contributed by atoms with Gasteiger partial charge in [-0.05, 0) is 69.1 Å². The van der Waals surface area contributed by atoms with Crippen molar-refractivity contribution in [2.24, 2.45) is 0 Å². The van der Waals surface area contributed by atoms with Gasteiger partial charge in [-0.2, -0.15) is 0 Å². The zero-order valence-electron chi connectivity index (χ0n) is 10.9. The maximum atomic E-state index is 10.6. The number of rotatable bonds is 7. The summed E-state index contributed by atoms with van der Waals surface area (Å²) in [5.41, 5.74) is 1.12. The van der Waals surface area contributed by atoms with Crippen LogP contribution in [-0.2, 0) is 0 Å². The summed E-state index contributed by atoms with van der Waals surface area (Å²) in [6.07, 6.45) is 6.01. The van der Waals surface area contributed by atoms with Crippen LogP contribution in [-0.4, -0.2) is 4.92 Å². The molecule has 0 aliphatic rings. The topological polar surface area (TPSA) is 43.1 Å². The summed E-state index contributed by atoms with van der Waals surface area (Å²) < 4.78 is 2.31. The summed E-state index contributed by atoms with van der Waals surface area (Å²) in [5.74, 6) is 0. The minimum absolute atomic E-state index is 0.127. The van der Waals surface area contributed by atoms with Crippen molar-refractivity contribution in [2.75, 3.05) is 0 Å². The van der Waals surface area contributed by atoms with E-state index < -0.39 is 0 Å². The molecule has 0 aliphatic heterocycles. The van der Waals surface area contributed by atoms with Crippen LogP contribution in [0.15, 0.2) is 27.8 Å². The van der Waals surface area contributed by atoms with E-state index in [4.69, 9.17) is 0 Å². The van der Waals surface area contributed by atoms with Crippen LogP contribution in [0.25, 0.3) is 4.48 Å². The summed E-state index contributed by atoms with van der Waals surface area (Å²) in [5, 5.41) is 10.6. The second-order valence-electron chi connectivity index (χ2n) is 4.33. The van der Waals surface area contributed by atoms with Crippen molar-refractivity contribution in [1.29, 1.82) is 0 Å². The van der Waals surface area contributed by atoms with Gasteiger partial charge < -0.3 is 0 Å². The van der Waals surface area contributed by atoms with Crippen LogP contribution in [0.2, 0.25) is 0 Å². The number of unbranched alkanes of at least 4 members (excludes halogenated alkanes) is 3. The van der Waals surface area contributed by atoms with Crippen molar-refractivity contribution in [1.82, 2.24) is 0 Å². The first kappa shape index (κ1) is 16.6. The highest BCUT2D eigenvalue weighted by atomic mass is 127. The van der Waals surface area contributed by atoms with Gasteiger partial charge in [0, 0.05) is 20.2 Å². The van der Waals surface area contributed by atoms with E-state index in [1.807, 2.05) is 0 Å². The van der Waals surface area contributed by atoms with Gasteiger partial charge in [-0.15, -0.1) is 0 Å². The van der Waals surface area contributed by atoms with Crippen LogP contribution in [0.3, 0.4) is 0 Å². The van der Waals surface area contributed by atoms with Gasteiger partial charge in [0.2, 0.25) is 0 Å². The fraction of sp³-hybridized carbons (Fsp3) is 0.429. The molecule has 0 amide bonds. The van der Waals surface area contributed by atoms with E-state index in [2.05, 4.69) is 45.4 Å². The molecule has 0 heterocycles.